The van der Waals surface area contributed by atoms with E-state index in [-0.39, 0.29) is 0 Å². The van der Waals surface area contributed by atoms with Gasteiger partial charge in [0.25, 0.3) is 0 Å². The van der Waals surface area contributed by atoms with Crippen molar-refractivity contribution >= 4 is 17.0 Å². The lowest BCUT2D eigenvalue weighted by molar-refractivity contribution is 0.294. The van der Waals surface area contributed by atoms with Crippen molar-refractivity contribution in [3.63, 3.8) is 0 Å². The molecule has 4 nitrogen and oxygen atoms in total. The summed E-state index contributed by atoms with van der Waals surface area (Å²) in [4.78, 5) is 10.6. The Morgan fingerprint density at radius 2 is 2.14 bits per heavy atom. The lowest BCUT2D eigenvalue weighted by atomic mass is 10.2. The number of hydrogen-bond acceptors (Lipinski definition) is 2. The van der Waals surface area contributed by atoms with Gasteiger partial charge in [0.2, 0.25) is 5.88 Å². The number of fused-ring (bicyclic) bond motifs is 1. The van der Waals surface area contributed by atoms with E-state index in [9.17, 15) is 0 Å². The molecule has 0 saturated heterocycles. The van der Waals surface area contributed by atoms with E-state index in [1.165, 1.54) is 6.20 Å². The summed E-state index contributed by atoms with van der Waals surface area (Å²) in [5.41, 5.74) is 2.97. The van der Waals surface area contributed by atoms with Crippen LogP contribution in [0, 0.1) is 6.57 Å². The summed E-state index contributed by atoms with van der Waals surface area (Å²) in [5, 5.41) is 0.993. The third-order valence-corrected chi connectivity index (χ3v) is 3.13. The molecule has 21 heavy (non-hydrogen) atoms. The van der Waals surface area contributed by atoms with Crippen LogP contribution in [0.5, 0.6) is 5.88 Å². The highest BCUT2D eigenvalue weighted by Crippen LogP contribution is 2.23. The third kappa shape index (κ3) is 2.93. The fourth-order valence-electron chi connectivity index (χ4n) is 2.09. The SMILES string of the molecule is [C-]#[N+]C=Cc1c[nH]c2cnc(OCc3ccccc3)cc12. The number of aromatic nitrogens is 2. The predicted molar refractivity (Wildman–Crippen MR) is 82.5 cm³/mol. The van der Waals surface area contributed by atoms with Crippen LogP contribution >= 0.6 is 0 Å². The molecule has 0 bridgehead atoms. The van der Waals surface area contributed by atoms with Crippen molar-refractivity contribution in [2.24, 2.45) is 0 Å². The first kappa shape index (κ1) is 12.9. The second-order valence-electron chi connectivity index (χ2n) is 4.53. The number of hydrogen-bond donors (Lipinski definition) is 1. The van der Waals surface area contributed by atoms with E-state index in [1.54, 1.807) is 12.3 Å². The molecule has 0 aliphatic heterocycles. The van der Waals surface area contributed by atoms with Crippen LogP contribution in [0.2, 0.25) is 0 Å². The van der Waals surface area contributed by atoms with E-state index in [2.05, 4.69) is 14.8 Å². The number of nitrogens with zero attached hydrogens (tertiary/aromatic N) is 2. The van der Waals surface area contributed by atoms with Gasteiger partial charge < -0.3 is 9.72 Å². The van der Waals surface area contributed by atoms with Crippen molar-refractivity contribution < 1.29 is 4.74 Å². The molecule has 0 amide bonds. The minimum absolute atomic E-state index is 0.483. The fraction of sp³-hybridized carbons (Fsp3) is 0.0588. The molecule has 0 saturated carbocycles. The molecule has 0 atom stereocenters. The Hall–Kier alpha value is -3.06. The number of H-pyrrole nitrogens is 1. The van der Waals surface area contributed by atoms with Crippen molar-refractivity contribution in [1.29, 1.82) is 0 Å². The summed E-state index contributed by atoms with van der Waals surface area (Å²) >= 11 is 0. The zero-order chi connectivity index (χ0) is 14.5. The highest BCUT2D eigenvalue weighted by atomic mass is 16.5. The molecule has 2 aromatic heterocycles. The average molecular weight is 275 g/mol. The largest absolute Gasteiger partial charge is 0.473 e. The smallest absolute Gasteiger partial charge is 0.214 e. The van der Waals surface area contributed by atoms with Crippen LogP contribution in [0.3, 0.4) is 0 Å². The Morgan fingerprint density at radius 1 is 1.29 bits per heavy atom. The van der Waals surface area contributed by atoms with E-state index < -0.39 is 0 Å². The van der Waals surface area contributed by atoms with Gasteiger partial charge >= 0.3 is 0 Å². The van der Waals surface area contributed by atoms with Gasteiger partial charge in [-0.3, -0.25) is 0 Å². The molecule has 0 spiro atoms. The zero-order valence-electron chi connectivity index (χ0n) is 11.3. The first-order valence-corrected chi connectivity index (χ1v) is 6.54. The monoisotopic (exact) mass is 275 g/mol. The van der Waals surface area contributed by atoms with Crippen LogP contribution in [0.4, 0.5) is 0 Å². The van der Waals surface area contributed by atoms with E-state index in [1.807, 2.05) is 42.6 Å². The Morgan fingerprint density at radius 3 is 2.95 bits per heavy atom. The van der Waals surface area contributed by atoms with Crippen molar-refractivity contribution in [3.8, 4) is 5.88 Å². The molecule has 1 aromatic carbocycles. The molecular weight excluding hydrogens is 262 g/mol. The van der Waals surface area contributed by atoms with Gasteiger partial charge in [-0.2, -0.15) is 0 Å². The van der Waals surface area contributed by atoms with Gasteiger partial charge in [0.1, 0.15) is 6.61 Å². The Bertz CT molecular complexity index is 813. The van der Waals surface area contributed by atoms with Crippen molar-refractivity contribution in [3.05, 3.63) is 77.5 Å². The van der Waals surface area contributed by atoms with E-state index in [0.29, 0.717) is 12.5 Å². The summed E-state index contributed by atoms with van der Waals surface area (Å²) in [6, 6.07) is 11.9. The van der Waals surface area contributed by atoms with E-state index in [4.69, 9.17) is 11.3 Å². The van der Waals surface area contributed by atoms with Crippen LogP contribution in [0.15, 0.2) is 55.0 Å². The Kier molecular flexibility index (Phi) is 3.66. The number of pyridine rings is 1. The number of benzene rings is 1. The normalized spacial score (nSPS) is 10.8. The fourth-order valence-corrected chi connectivity index (χ4v) is 2.09. The number of aromatic amines is 1. The number of rotatable bonds is 4. The summed E-state index contributed by atoms with van der Waals surface area (Å²) < 4.78 is 5.72. The van der Waals surface area contributed by atoms with Crippen LogP contribution < -0.4 is 4.74 Å². The second-order valence-corrected chi connectivity index (χ2v) is 4.53. The molecule has 0 radical (unpaired) electrons. The van der Waals surface area contributed by atoms with Crippen molar-refractivity contribution in [2.45, 2.75) is 6.61 Å². The van der Waals surface area contributed by atoms with Gasteiger partial charge in [0, 0.05) is 17.6 Å². The van der Waals surface area contributed by atoms with Gasteiger partial charge in [-0.15, -0.1) is 0 Å². The first-order chi connectivity index (χ1) is 10.4. The van der Waals surface area contributed by atoms with Crippen LogP contribution in [-0.4, -0.2) is 9.97 Å². The molecule has 3 aromatic rings. The van der Waals surface area contributed by atoms with Gasteiger partial charge in [-0.05, 0) is 11.1 Å². The lowest BCUT2D eigenvalue weighted by Crippen LogP contribution is -1.96. The van der Waals surface area contributed by atoms with Gasteiger partial charge in [0.05, 0.1) is 18.3 Å². The van der Waals surface area contributed by atoms with Crippen molar-refractivity contribution in [1.82, 2.24) is 9.97 Å². The molecule has 4 heteroatoms. The molecule has 2 heterocycles. The maximum absolute atomic E-state index is 6.81. The molecule has 0 fully saturated rings. The van der Waals surface area contributed by atoms with Crippen LogP contribution in [0.25, 0.3) is 21.8 Å². The standard InChI is InChI=1S/C17H13N3O/c1-18-8-7-14-10-19-16-11-20-17(9-15(14)16)21-12-13-5-3-2-4-6-13/h2-11,19H,12H2. The topological polar surface area (TPSA) is 42.3 Å². The summed E-state index contributed by atoms with van der Waals surface area (Å²) in [5.74, 6) is 0.573. The van der Waals surface area contributed by atoms with Gasteiger partial charge in [-0.25, -0.2) is 9.83 Å². The van der Waals surface area contributed by atoms with Gasteiger partial charge in [0.15, 0.2) is 6.20 Å². The predicted octanol–water partition coefficient (Wildman–Crippen LogP) is 4.03. The minimum Gasteiger partial charge on any atom is -0.473 e. The van der Waals surface area contributed by atoms with Crippen LogP contribution in [-0.2, 0) is 6.61 Å². The molecule has 0 unspecified atom stereocenters. The zero-order valence-corrected chi connectivity index (χ0v) is 11.3. The maximum Gasteiger partial charge on any atom is 0.214 e. The maximum atomic E-state index is 6.81. The Labute approximate surface area is 122 Å². The molecule has 0 aliphatic carbocycles. The summed E-state index contributed by atoms with van der Waals surface area (Å²) in [6.45, 7) is 7.29. The average Bonchev–Trinajstić information content (AvgIpc) is 2.94. The van der Waals surface area contributed by atoms with Crippen LogP contribution in [0.1, 0.15) is 11.1 Å². The number of ether oxygens (including phenoxy) is 1. The molecule has 3 rings (SSSR count). The van der Waals surface area contributed by atoms with E-state index in [0.717, 1.165) is 22.0 Å². The molecule has 102 valence electrons. The number of nitrogens with one attached hydrogen (secondary N) is 1. The second kappa shape index (κ2) is 5.93. The van der Waals surface area contributed by atoms with Crippen molar-refractivity contribution in [2.75, 3.05) is 0 Å². The summed E-state index contributed by atoms with van der Waals surface area (Å²) in [7, 11) is 0. The van der Waals surface area contributed by atoms with Gasteiger partial charge in [-0.1, -0.05) is 36.4 Å². The molecule has 1 N–H and O–H groups in total. The molecular formula is C17H13N3O. The first-order valence-electron chi connectivity index (χ1n) is 6.54. The Balaban J connectivity index is 1.83. The highest BCUT2D eigenvalue weighted by molar-refractivity contribution is 5.89. The highest BCUT2D eigenvalue weighted by Gasteiger charge is 2.04. The van der Waals surface area contributed by atoms with E-state index >= 15 is 0 Å². The minimum atomic E-state index is 0.483. The third-order valence-electron chi connectivity index (χ3n) is 3.13. The lowest BCUT2D eigenvalue weighted by Gasteiger charge is -2.05. The molecule has 0 aliphatic rings. The summed E-state index contributed by atoms with van der Waals surface area (Å²) in [6.07, 6.45) is 6.81. The quantitative estimate of drug-likeness (QED) is 0.730.